The molecule has 0 fully saturated rings. The molecule has 0 unspecified atom stereocenters. The van der Waals surface area contributed by atoms with Gasteiger partial charge in [-0.1, -0.05) is 43.3 Å². The summed E-state index contributed by atoms with van der Waals surface area (Å²) in [4.78, 5) is 16.4. The van der Waals surface area contributed by atoms with Crippen LogP contribution in [0.3, 0.4) is 0 Å². The molecule has 0 saturated carbocycles. The van der Waals surface area contributed by atoms with Crippen molar-refractivity contribution in [2.75, 3.05) is 0 Å². The lowest BCUT2D eigenvalue weighted by Crippen LogP contribution is -1.99. The Bertz CT molecular complexity index is 807. The molecule has 1 aromatic heterocycles. The first-order chi connectivity index (χ1) is 10.2. The number of hydrogen-bond acceptors (Lipinski definition) is 3. The monoisotopic (exact) mass is 297 g/mol. The Morgan fingerprint density at radius 1 is 1.19 bits per heavy atom. The van der Waals surface area contributed by atoms with Gasteiger partial charge in [-0.15, -0.1) is 11.3 Å². The number of fused-ring (bicyclic) bond motifs is 1. The highest BCUT2D eigenvalue weighted by Crippen LogP contribution is 2.33. The van der Waals surface area contributed by atoms with Crippen LogP contribution in [0.2, 0.25) is 0 Å². The number of hydrogen-bond donors (Lipinski definition) is 1. The van der Waals surface area contributed by atoms with Gasteiger partial charge in [0.05, 0.1) is 9.88 Å². The molecule has 106 valence electrons. The molecule has 1 N–H and O–H groups in total. The highest BCUT2D eigenvalue weighted by Gasteiger charge is 2.18. The predicted molar refractivity (Wildman–Crippen MR) is 86.0 cm³/mol. The van der Waals surface area contributed by atoms with E-state index in [2.05, 4.69) is 11.9 Å². The van der Waals surface area contributed by atoms with Crippen LogP contribution in [0.25, 0.3) is 21.2 Å². The summed E-state index contributed by atoms with van der Waals surface area (Å²) >= 11 is 1.48. The molecule has 0 aliphatic carbocycles. The topological polar surface area (TPSA) is 50.2 Å². The van der Waals surface area contributed by atoms with Gasteiger partial charge in [-0.2, -0.15) is 0 Å². The highest BCUT2D eigenvalue weighted by atomic mass is 32.1. The minimum absolute atomic E-state index is 0.165. The van der Waals surface area contributed by atoms with E-state index < -0.39 is 5.97 Å². The smallest absolute Gasteiger partial charge is 0.356 e. The molecule has 0 saturated heterocycles. The van der Waals surface area contributed by atoms with Crippen LogP contribution in [0, 0.1) is 0 Å². The Morgan fingerprint density at radius 2 is 1.95 bits per heavy atom. The summed E-state index contributed by atoms with van der Waals surface area (Å²) in [5, 5.41) is 12.5. The molecule has 0 aliphatic heterocycles. The molecule has 3 nitrogen and oxygen atoms in total. The summed E-state index contributed by atoms with van der Waals surface area (Å²) in [6, 6.07) is 14.1. The molecule has 1 heterocycles. The molecule has 0 spiro atoms. The number of aromatic nitrogens is 1. The maximum absolute atomic E-state index is 11.4. The van der Waals surface area contributed by atoms with Gasteiger partial charge in [0.2, 0.25) is 0 Å². The molecule has 3 aromatic rings. The minimum atomic E-state index is -0.961. The molecule has 21 heavy (non-hydrogen) atoms. The highest BCUT2D eigenvalue weighted by molar-refractivity contribution is 7.15. The van der Waals surface area contributed by atoms with Gasteiger partial charge in [-0.3, -0.25) is 0 Å². The predicted octanol–water partition coefficient (Wildman–Crippen LogP) is 4.61. The fraction of sp³-hybridized carbons (Fsp3) is 0.176. The van der Waals surface area contributed by atoms with E-state index in [0.29, 0.717) is 0 Å². The molecule has 0 radical (unpaired) electrons. The number of aryl methyl sites for hydroxylation is 1. The number of carboxylic acids is 1. The van der Waals surface area contributed by atoms with Gasteiger partial charge >= 0.3 is 5.97 Å². The standard InChI is InChI=1S/C17H15NO2S/c1-2-5-14-18-15(17(19)20)16(21-14)13-9-8-11-6-3-4-7-12(11)10-13/h3-4,6-10H,2,5H2,1H3,(H,19,20). The molecule has 2 aromatic carbocycles. The van der Waals surface area contributed by atoms with Crippen molar-refractivity contribution in [3.63, 3.8) is 0 Å². The fourth-order valence-corrected chi connectivity index (χ4v) is 3.51. The SMILES string of the molecule is CCCc1nc(C(=O)O)c(-c2ccc3ccccc3c2)s1. The molecular formula is C17H15NO2S. The average molecular weight is 297 g/mol. The fourth-order valence-electron chi connectivity index (χ4n) is 2.36. The molecule has 0 atom stereocenters. The van der Waals surface area contributed by atoms with Crippen molar-refractivity contribution in [3.05, 3.63) is 53.2 Å². The van der Waals surface area contributed by atoms with Gasteiger partial charge < -0.3 is 5.11 Å². The second kappa shape index (κ2) is 5.66. The Labute approximate surface area is 126 Å². The lowest BCUT2D eigenvalue weighted by molar-refractivity contribution is 0.0692. The van der Waals surface area contributed by atoms with Crippen LogP contribution < -0.4 is 0 Å². The van der Waals surface area contributed by atoms with E-state index >= 15 is 0 Å². The Morgan fingerprint density at radius 3 is 2.67 bits per heavy atom. The number of nitrogens with zero attached hydrogens (tertiary/aromatic N) is 1. The van der Waals surface area contributed by atoms with Crippen LogP contribution in [0.4, 0.5) is 0 Å². The van der Waals surface area contributed by atoms with Gasteiger partial charge in [0.1, 0.15) is 0 Å². The maximum Gasteiger partial charge on any atom is 0.356 e. The molecule has 0 aliphatic rings. The largest absolute Gasteiger partial charge is 0.476 e. The van der Waals surface area contributed by atoms with E-state index in [1.807, 2.05) is 42.5 Å². The van der Waals surface area contributed by atoms with Crippen LogP contribution in [0.15, 0.2) is 42.5 Å². The lowest BCUT2D eigenvalue weighted by Gasteiger charge is -2.02. The van der Waals surface area contributed by atoms with E-state index in [4.69, 9.17) is 0 Å². The van der Waals surface area contributed by atoms with Crippen molar-refractivity contribution in [1.82, 2.24) is 4.98 Å². The third kappa shape index (κ3) is 2.67. The molecule has 0 amide bonds. The van der Waals surface area contributed by atoms with Crippen LogP contribution in [-0.4, -0.2) is 16.1 Å². The zero-order chi connectivity index (χ0) is 14.8. The van der Waals surface area contributed by atoms with Crippen LogP contribution in [0.5, 0.6) is 0 Å². The molecular weight excluding hydrogens is 282 g/mol. The van der Waals surface area contributed by atoms with Crippen molar-refractivity contribution < 1.29 is 9.90 Å². The second-order valence-electron chi connectivity index (χ2n) is 4.90. The minimum Gasteiger partial charge on any atom is -0.476 e. The molecule has 0 bridgehead atoms. The number of rotatable bonds is 4. The van der Waals surface area contributed by atoms with Gasteiger partial charge in [0.15, 0.2) is 5.69 Å². The number of thiazole rings is 1. The van der Waals surface area contributed by atoms with Gasteiger partial charge in [0, 0.05) is 0 Å². The third-order valence-electron chi connectivity index (χ3n) is 3.35. The van der Waals surface area contributed by atoms with Gasteiger partial charge in [-0.25, -0.2) is 9.78 Å². The lowest BCUT2D eigenvalue weighted by atomic mass is 10.1. The molecule has 3 rings (SSSR count). The van der Waals surface area contributed by atoms with Crippen molar-refractivity contribution in [2.24, 2.45) is 0 Å². The van der Waals surface area contributed by atoms with E-state index in [0.717, 1.165) is 39.1 Å². The summed E-state index contributed by atoms with van der Waals surface area (Å²) in [5.74, 6) is -0.961. The quantitative estimate of drug-likeness (QED) is 0.764. The number of carbonyl (C=O) groups is 1. The normalized spacial score (nSPS) is 10.9. The third-order valence-corrected chi connectivity index (χ3v) is 4.51. The van der Waals surface area contributed by atoms with Crippen molar-refractivity contribution in [2.45, 2.75) is 19.8 Å². The molecule has 4 heteroatoms. The maximum atomic E-state index is 11.4. The summed E-state index contributed by atoms with van der Waals surface area (Å²) in [5.41, 5.74) is 1.09. The first kappa shape index (κ1) is 13.8. The zero-order valence-electron chi connectivity index (χ0n) is 11.7. The average Bonchev–Trinajstić information content (AvgIpc) is 2.91. The first-order valence-corrected chi connectivity index (χ1v) is 7.73. The Hall–Kier alpha value is -2.20. The van der Waals surface area contributed by atoms with Crippen molar-refractivity contribution in [3.8, 4) is 10.4 Å². The van der Waals surface area contributed by atoms with Crippen LogP contribution in [0.1, 0.15) is 28.8 Å². The Balaban J connectivity index is 2.14. The zero-order valence-corrected chi connectivity index (χ0v) is 12.5. The number of aromatic carboxylic acids is 1. The number of carboxylic acid groups (broad SMARTS) is 1. The first-order valence-electron chi connectivity index (χ1n) is 6.91. The van der Waals surface area contributed by atoms with Gasteiger partial charge in [0.25, 0.3) is 0 Å². The van der Waals surface area contributed by atoms with E-state index in [1.165, 1.54) is 11.3 Å². The van der Waals surface area contributed by atoms with E-state index in [-0.39, 0.29) is 5.69 Å². The second-order valence-corrected chi connectivity index (χ2v) is 5.99. The van der Waals surface area contributed by atoms with Gasteiger partial charge in [-0.05, 0) is 35.2 Å². The summed E-state index contributed by atoms with van der Waals surface area (Å²) in [6.07, 6.45) is 1.78. The van der Waals surface area contributed by atoms with E-state index in [1.54, 1.807) is 0 Å². The van der Waals surface area contributed by atoms with E-state index in [9.17, 15) is 9.90 Å². The van der Waals surface area contributed by atoms with Crippen LogP contribution >= 0.6 is 11.3 Å². The van der Waals surface area contributed by atoms with Crippen LogP contribution in [-0.2, 0) is 6.42 Å². The Kier molecular flexibility index (Phi) is 3.71. The summed E-state index contributed by atoms with van der Waals surface area (Å²) < 4.78 is 0. The summed E-state index contributed by atoms with van der Waals surface area (Å²) in [7, 11) is 0. The van der Waals surface area contributed by atoms with Crippen molar-refractivity contribution in [1.29, 1.82) is 0 Å². The number of benzene rings is 2. The summed E-state index contributed by atoms with van der Waals surface area (Å²) in [6.45, 7) is 2.07. The van der Waals surface area contributed by atoms with Crippen molar-refractivity contribution >= 4 is 28.1 Å².